The van der Waals surface area contributed by atoms with E-state index >= 15 is 0 Å². The van der Waals surface area contributed by atoms with Gasteiger partial charge in [-0.1, -0.05) is 133 Å². The third kappa shape index (κ3) is 9.38. The molecule has 208 valence electrons. The second-order valence-electron chi connectivity index (χ2n) is 11.3. The lowest BCUT2D eigenvalue weighted by atomic mass is 10.0. The highest BCUT2D eigenvalue weighted by molar-refractivity contribution is 5.82. The summed E-state index contributed by atoms with van der Waals surface area (Å²) in [5, 5.41) is 0. The van der Waals surface area contributed by atoms with Crippen LogP contribution in [0.4, 0.5) is 0 Å². The van der Waals surface area contributed by atoms with Crippen molar-refractivity contribution in [2.45, 2.75) is 117 Å². The van der Waals surface area contributed by atoms with Crippen LogP contribution in [0.2, 0.25) is 0 Å². The van der Waals surface area contributed by atoms with Gasteiger partial charge in [-0.3, -0.25) is 0 Å². The van der Waals surface area contributed by atoms with Gasteiger partial charge in [0, 0.05) is 5.56 Å². The molecule has 4 aromatic rings. The van der Waals surface area contributed by atoms with Crippen LogP contribution in [0.25, 0.3) is 33.7 Å². The molecule has 0 saturated heterocycles. The Morgan fingerprint density at radius 3 is 1.49 bits per heavy atom. The van der Waals surface area contributed by atoms with Crippen LogP contribution in [-0.2, 0) is 12.8 Å². The lowest BCUT2D eigenvalue weighted by molar-refractivity contribution is 0.575. The fourth-order valence-corrected chi connectivity index (χ4v) is 5.48. The molecule has 2 nitrogen and oxygen atoms in total. The minimum atomic E-state index is 0.703. The van der Waals surface area contributed by atoms with Crippen LogP contribution >= 0.6 is 0 Å². The van der Waals surface area contributed by atoms with Crippen LogP contribution in [0.3, 0.4) is 0 Å². The Bertz CT molecular complexity index is 1220. The van der Waals surface area contributed by atoms with E-state index in [0.717, 1.165) is 23.1 Å². The maximum atomic E-state index is 6.12. The van der Waals surface area contributed by atoms with E-state index in [1.807, 2.05) is 0 Å². The van der Waals surface area contributed by atoms with Gasteiger partial charge in [0.1, 0.15) is 5.52 Å². The summed E-state index contributed by atoms with van der Waals surface area (Å²) >= 11 is 0. The molecular formula is C37H49NO. The molecule has 0 bridgehead atoms. The van der Waals surface area contributed by atoms with Gasteiger partial charge in [0.2, 0.25) is 5.89 Å². The Kier molecular flexibility index (Phi) is 12.2. The van der Waals surface area contributed by atoms with Crippen molar-refractivity contribution in [1.29, 1.82) is 0 Å². The number of unbranched alkanes of at least 4 members (excludes halogenated alkanes) is 12. The van der Waals surface area contributed by atoms with Gasteiger partial charge in [0.05, 0.1) is 0 Å². The summed E-state index contributed by atoms with van der Waals surface area (Å²) in [7, 11) is 0. The Morgan fingerprint density at radius 1 is 0.487 bits per heavy atom. The molecule has 1 heterocycles. The van der Waals surface area contributed by atoms with E-state index in [2.05, 4.69) is 80.6 Å². The van der Waals surface area contributed by atoms with Crippen molar-refractivity contribution in [1.82, 2.24) is 4.98 Å². The molecule has 0 amide bonds. The number of hydrogen-bond acceptors (Lipinski definition) is 2. The van der Waals surface area contributed by atoms with E-state index in [-0.39, 0.29) is 0 Å². The lowest BCUT2D eigenvalue weighted by Gasteiger charge is -2.05. The van der Waals surface area contributed by atoms with E-state index in [0.29, 0.717) is 5.89 Å². The van der Waals surface area contributed by atoms with Crippen molar-refractivity contribution in [2.24, 2.45) is 0 Å². The van der Waals surface area contributed by atoms with Gasteiger partial charge >= 0.3 is 0 Å². The number of fused-ring (bicyclic) bond motifs is 1. The summed E-state index contributed by atoms with van der Waals surface area (Å²) < 4.78 is 6.12. The number of nitrogens with zero attached hydrogens (tertiary/aromatic N) is 1. The third-order valence-corrected chi connectivity index (χ3v) is 8.01. The zero-order valence-electron chi connectivity index (χ0n) is 24.5. The zero-order chi connectivity index (χ0) is 27.1. The maximum Gasteiger partial charge on any atom is 0.227 e. The highest BCUT2D eigenvalue weighted by atomic mass is 16.3. The SMILES string of the molecule is CCCCCCCCCCc1ccc(-c2ccc3oc(-c4ccc(CCCCCCCC)cc4)nc3c2)cc1. The van der Waals surface area contributed by atoms with Crippen molar-refractivity contribution >= 4 is 11.1 Å². The third-order valence-electron chi connectivity index (χ3n) is 8.01. The average molecular weight is 524 g/mol. The summed E-state index contributed by atoms with van der Waals surface area (Å²) in [5.41, 5.74) is 8.08. The summed E-state index contributed by atoms with van der Waals surface area (Å²) in [6.45, 7) is 4.56. The molecule has 0 spiro atoms. The van der Waals surface area contributed by atoms with Crippen LogP contribution in [0, 0.1) is 0 Å². The van der Waals surface area contributed by atoms with Crippen molar-refractivity contribution in [2.75, 3.05) is 0 Å². The molecule has 0 aliphatic heterocycles. The minimum Gasteiger partial charge on any atom is -0.436 e. The largest absolute Gasteiger partial charge is 0.436 e. The van der Waals surface area contributed by atoms with Gasteiger partial charge in [-0.05, 0) is 72.2 Å². The van der Waals surface area contributed by atoms with Gasteiger partial charge in [0.25, 0.3) is 0 Å². The Balaban J connectivity index is 1.27. The molecule has 1 aromatic heterocycles. The van der Waals surface area contributed by atoms with E-state index in [9.17, 15) is 0 Å². The summed E-state index contributed by atoms with van der Waals surface area (Å²) in [5.74, 6) is 0.703. The maximum absolute atomic E-state index is 6.12. The smallest absolute Gasteiger partial charge is 0.227 e. The van der Waals surface area contributed by atoms with E-state index < -0.39 is 0 Å². The number of rotatable bonds is 18. The molecule has 39 heavy (non-hydrogen) atoms. The Morgan fingerprint density at radius 2 is 0.949 bits per heavy atom. The van der Waals surface area contributed by atoms with Crippen LogP contribution < -0.4 is 0 Å². The first kappa shape index (κ1) is 29.1. The van der Waals surface area contributed by atoms with E-state index in [4.69, 9.17) is 9.40 Å². The number of hydrogen-bond donors (Lipinski definition) is 0. The average Bonchev–Trinajstić information content (AvgIpc) is 3.40. The highest BCUT2D eigenvalue weighted by Gasteiger charge is 2.10. The van der Waals surface area contributed by atoms with Crippen LogP contribution in [0.5, 0.6) is 0 Å². The second-order valence-corrected chi connectivity index (χ2v) is 11.3. The normalized spacial score (nSPS) is 11.4. The van der Waals surface area contributed by atoms with Crippen LogP contribution in [-0.4, -0.2) is 4.98 Å². The molecule has 0 atom stereocenters. The predicted octanol–water partition coefficient (Wildman–Crippen LogP) is 11.7. The van der Waals surface area contributed by atoms with Crippen LogP contribution in [0.1, 0.15) is 115 Å². The van der Waals surface area contributed by atoms with Crippen molar-refractivity contribution < 1.29 is 4.42 Å². The molecule has 3 aromatic carbocycles. The zero-order valence-corrected chi connectivity index (χ0v) is 24.5. The molecule has 2 heteroatoms. The van der Waals surface area contributed by atoms with Crippen molar-refractivity contribution in [3.63, 3.8) is 0 Å². The number of aromatic nitrogens is 1. The molecule has 0 unspecified atom stereocenters. The Labute approximate surface area is 237 Å². The predicted molar refractivity (Wildman–Crippen MR) is 168 cm³/mol. The van der Waals surface area contributed by atoms with E-state index in [1.54, 1.807) is 0 Å². The molecule has 0 aliphatic carbocycles. The number of benzene rings is 3. The van der Waals surface area contributed by atoms with Gasteiger partial charge in [0.15, 0.2) is 5.58 Å². The summed E-state index contributed by atoms with van der Waals surface area (Å²) in [4.78, 5) is 4.83. The molecule has 0 radical (unpaired) electrons. The van der Waals surface area contributed by atoms with Crippen molar-refractivity contribution in [3.8, 4) is 22.6 Å². The summed E-state index contributed by atoms with van der Waals surface area (Å²) in [6, 6.07) is 24.2. The van der Waals surface area contributed by atoms with Crippen molar-refractivity contribution in [3.05, 3.63) is 77.9 Å². The topological polar surface area (TPSA) is 26.0 Å². The quantitative estimate of drug-likeness (QED) is 0.121. The van der Waals surface area contributed by atoms with Gasteiger partial charge in [-0.25, -0.2) is 4.98 Å². The van der Waals surface area contributed by atoms with Gasteiger partial charge in [-0.15, -0.1) is 0 Å². The molecule has 4 rings (SSSR count). The minimum absolute atomic E-state index is 0.703. The highest BCUT2D eigenvalue weighted by Crippen LogP contribution is 2.29. The first-order valence-corrected chi connectivity index (χ1v) is 15.9. The molecule has 0 fully saturated rings. The van der Waals surface area contributed by atoms with Crippen LogP contribution in [0.15, 0.2) is 71.1 Å². The molecule has 0 saturated carbocycles. The molecule has 0 N–H and O–H groups in total. The summed E-state index contributed by atoms with van der Waals surface area (Å²) in [6.07, 6.45) is 21.3. The standard InChI is InChI=1S/C37H49NO/c1-3-5-7-9-11-12-14-16-17-30-19-23-32(24-20-30)34-27-28-36-35(29-34)38-37(39-36)33-25-21-31(22-26-33)18-15-13-10-8-6-4-2/h19-29H,3-18H2,1-2H3. The Hall–Kier alpha value is -2.87. The van der Waals surface area contributed by atoms with Gasteiger partial charge < -0.3 is 4.42 Å². The number of oxazole rings is 1. The van der Waals surface area contributed by atoms with E-state index in [1.165, 1.54) is 119 Å². The molecular weight excluding hydrogens is 474 g/mol. The second kappa shape index (κ2) is 16.3. The number of aryl methyl sites for hydroxylation is 2. The fraction of sp³-hybridized carbons (Fsp3) is 0.486. The lowest BCUT2D eigenvalue weighted by Crippen LogP contribution is -1.87. The first-order valence-electron chi connectivity index (χ1n) is 15.9. The fourth-order valence-electron chi connectivity index (χ4n) is 5.48. The van der Waals surface area contributed by atoms with Gasteiger partial charge in [-0.2, -0.15) is 0 Å². The molecule has 0 aliphatic rings. The first-order chi connectivity index (χ1) is 19.3. The monoisotopic (exact) mass is 523 g/mol.